The van der Waals surface area contributed by atoms with Gasteiger partial charge in [-0.25, -0.2) is 4.79 Å². The highest BCUT2D eigenvalue weighted by Crippen LogP contribution is 2.13. The zero-order valence-corrected chi connectivity index (χ0v) is 16.9. The lowest BCUT2D eigenvalue weighted by Gasteiger charge is -2.09. The van der Waals surface area contributed by atoms with Crippen LogP contribution in [0.2, 0.25) is 0 Å². The molecular formula is C22H26N2O5. The second kappa shape index (κ2) is 10.8. The molecule has 154 valence electrons. The zero-order valence-electron chi connectivity index (χ0n) is 16.9. The first kappa shape index (κ1) is 21.9. The summed E-state index contributed by atoms with van der Waals surface area (Å²) < 4.78 is 9.63. The largest absolute Gasteiger partial charge is 0.513 e. The number of aryl methyl sites for hydroxylation is 2. The molecule has 2 N–H and O–H groups in total. The zero-order chi connectivity index (χ0) is 21.2. The molecule has 0 fully saturated rings. The van der Waals surface area contributed by atoms with Crippen LogP contribution >= 0.6 is 0 Å². The molecule has 0 aliphatic carbocycles. The van der Waals surface area contributed by atoms with E-state index in [9.17, 15) is 14.4 Å². The van der Waals surface area contributed by atoms with Gasteiger partial charge in [-0.15, -0.1) is 0 Å². The maximum absolute atomic E-state index is 12.1. The molecule has 2 amide bonds. The van der Waals surface area contributed by atoms with Crippen LogP contribution in [0.3, 0.4) is 0 Å². The van der Waals surface area contributed by atoms with Gasteiger partial charge in [-0.2, -0.15) is 0 Å². The molecule has 7 heteroatoms. The van der Waals surface area contributed by atoms with Crippen LogP contribution < -0.4 is 15.4 Å². The number of benzene rings is 2. The van der Waals surface area contributed by atoms with Gasteiger partial charge in [0.1, 0.15) is 5.75 Å². The fraction of sp³-hybridized carbons (Fsp3) is 0.318. The summed E-state index contributed by atoms with van der Waals surface area (Å²) in [5.41, 5.74) is 3.29. The maximum Gasteiger partial charge on any atom is 0.513 e. The van der Waals surface area contributed by atoms with E-state index in [4.69, 9.17) is 4.74 Å². The van der Waals surface area contributed by atoms with Crippen molar-refractivity contribution in [2.75, 3.05) is 19.7 Å². The van der Waals surface area contributed by atoms with Crippen molar-refractivity contribution >= 4 is 18.0 Å². The summed E-state index contributed by atoms with van der Waals surface area (Å²) in [6.45, 7) is 6.76. The molecule has 2 rings (SSSR count). The number of hydrogen-bond acceptors (Lipinski definition) is 5. The molecule has 7 nitrogen and oxygen atoms in total. The number of amides is 2. The smallest absolute Gasteiger partial charge is 0.434 e. The first-order chi connectivity index (χ1) is 13.9. The number of ether oxygens (including phenoxy) is 2. The van der Waals surface area contributed by atoms with Crippen LogP contribution in [-0.2, 0) is 4.74 Å². The Morgan fingerprint density at radius 3 is 2.00 bits per heavy atom. The first-order valence-corrected chi connectivity index (χ1v) is 9.49. The highest BCUT2D eigenvalue weighted by Gasteiger charge is 2.09. The molecule has 0 heterocycles. The minimum Gasteiger partial charge on any atom is -0.434 e. The number of carbonyl (C=O) groups is 3. The molecular weight excluding hydrogens is 372 g/mol. The molecule has 0 unspecified atom stereocenters. The predicted octanol–water partition coefficient (Wildman–Crippen LogP) is 3.39. The van der Waals surface area contributed by atoms with Gasteiger partial charge in [-0.05, 0) is 74.7 Å². The Bertz CT molecular complexity index is 862. The van der Waals surface area contributed by atoms with Crippen molar-refractivity contribution in [2.24, 2.45) is 0 Å². The van der Waals surface area contributed by atoms with E-state index in [1.165, 1.54) is 12.1 Å². The van der Waals surface area contributed by atoms with Crippen molar-refractivity contribution in [3.63, 3.8) is 0 Å². The summed E-state index contributed by atoms with van der Waals surface area (Å²) in [5, 5.41) is 5.63. The van der Waals surface area contributed by atoms with Crippen molar-refractivity contribution in [3.05, 3.63) is 64.7 Å². The van der Waals surface area contributed by atoms with E-state index in [0.717, 1.165) is 11.1 Å². The summed E-state index contributed by atoms with van der Waals surface area (Å²) >= 11 is 0. The lowest BCUT2D eigenvalue weighted by atomic mass is 10.1. The van der Waals surface area contributed by atoms with Gasteiger partial charge in [0.25, 0.3) is 11.8 Å². The molecule has 2 aromatic carbocycles. The van der Waals surface area contributed by atoms with E-state index in [-0.39, 0.29) is 18.4 Å². The van der Waals surface area contributed by atoms with E-state index in [1.807, 2.05) is 26.0 Å². The molecule has 0 aliphatic rings. The number of hydrogen-bond donors (Lipinski definition) is 2. The first-order valence-electron chi connectivity index (χ1n) is 9.49. The fourth-order valence-electron chi connectivity index (χ4n) is 2.50. The monoisotopic (exact) mass is 398 g/mol. The number of nitrogens with one attached hydrogen (secondary N) is 2. The molecule has 0 atom stereocenters. The van der Waals surface area contributed by atoms with Crippen molar-refractivity contribution in [2.45, 2.75) is 27.2 Å². The molecule has 29 heavy (non-hydrogen) atoms. The molecule has 0 saturated carbocycles. The average Bonchev–Trinajstić information content (AvgIpc) is 2.70. The van der Waals surface area contributed by atoms with Gasteiger partial charge >= 0.3 is 6.16 Å². The number of carbonyl (C=O) groups excluding carboxylic acids is 3. The minimum absolute atomic E-state index is 0.128. The standard InChI is InChI=1S/C22H26N2O5/c1-4-28-22(27)29-19-10-8-17(9-11-19)20(25)23-12-5-13-24-21(26)18-7-6-15(2)16(3)14-18/h6-11,14H,4-5,12-13H2,1-3H3,(H,23,25)(H,24,26). The third kappa shape index (κ3) is 6.95. The topological polar surface area (TPSA) is 93.7 Å². The lowest BCUT2D eigenvalue weighted by molar-refractivity contribution is 0.0950. The summed E-state index contributed by atoms with van der Waals surface area (Å²) in [6, 6.07) is 11.8. The third-order valence-corrected chi connectivity index (χ3v) is 4.27. The molecule has 0 aliphatic heterocycles. The Balaban J connectivity index is 1.70. The van der Waals surface area contributed by atoms with Crippen molar-refractivity contribution in [1.82, 2.24) is 10.6 Å². The van der Waals surface area contributed by atoms with Crippen LogP contribution in [0.4, 0.5) is 4.79 Å². The number of rotatable bonds is 8. The van der Waals surface area contributed by atoms with Crippen molar-refractivity contribution in [3.8, 4) is 5.75 Å². The molecule has 0 spiro atoms. The Kier molecular flexibility index (Phi) is 8.21. The highest BCUT2D eigenvalue weighted by molar-refractivity contribution is 5.95. The van der Waals surface area contributed by atoms with E-state index in [2.05, 4.69) is 15.4 Å². The lowest BCUT2D eigenvalue weighted by Crippen LogP contribution is -2.29. The Morgan fingerprint density at radius 1 is 0.828 bits per heavy atom. The van der Waals surface area contributed by atoms with E-state index >= 15 is 0 Å². The van der Waals surface area contributed by atoms with Gasteiger partial charge in [0.15, 0.2) is 0 Å². The van der Waals surface area contributed by atoms with Crippen LogP contribution in [0.15, 0.2) is 42.5 Å². The minimum atomic E-state index is -0.785. The Labute approximate surface area is 170 Å². The van der Waals surface area contributed by atoms with E-state index in [0.29, 0.717) is 36.4 Å². The molecule has 0 bridgehead atoms. The predicted molar refractivity (Wildman–Crippen MR) is 109 cm³/mol. The van der Waals surface area contributed by atoms with Crippen molar-refractivity contribution < 1.29 is 23.9 Å². The van der Waals surface area contributed by atoms with E-state index in [1.54, 1.807) is 25.1 Å². The van der Waals surface area contributed by atoms with Crippen LogP contribution in [-0.4, -0.2) is 37.7 Å². The van der Waals surface area contributed by atoms with Crippen LogP contribution in [0.5, 0.6) is 5.75 Å². The molecule has 0 radical (unpaired) electrons. The second-order valence-corrected chi connectivity index (χ2v) is 6.47. The summed E-state index contributed by atoms with van der Waals surface area (Å²) in [6.07, 6.45) is -0.181. The summed E-state index contributed by atoms with van der Waals surface area (Å²) in [7, 11) is 0. The maximum atomic E-state index is 12.1. The molecule has 0 saturated heterocycles. The SMILES string of the molecule is CCOC(=O)Oc1ccc(C(=O)NCCCNC(=O)c2ccc(C)c(C)c2)cc1. The normalized spacial score (nSPS) is 10.2. The van der Waals surface area contributed by atoms with Crippen LogP contribution in [0, 0.1) is 13.8 Å². The Hall–Kier alpha value is -3.35. The molecule has 2 aromatic rings. The third-order valence-electron chi connectivity index (χ3n) is 4.27. The van der Waals surface area contributed by atoms with Crippen molar-refractivity contribution in [1.29, 1.82) is 0 Å². The van der Waals surface area contributed by atoms with Crippen LogP contribution in [0.25, 0.3) is 0 Å². The van der Waals surface area contributed by atoms with Gasteiger partial charge in [0, 0.05) is 24.2 Å². The average molecular weight is 398 g/mol. The van der Waals surface area contributed by atoms with Gasteiger partial charge in [0.2, 0.25) is 0 Å². The van der Waals surface area contributed by atoms with Gasteiger partial charge in [-0.3, -0.25) is 9.59 Å². The molecule has 0 aromatic heterocycles. The summed E-state index contributed by atoms with van der Waals surface area (Å²) in [5.74, 6) is -0.0705. The van der Waals surface area contributed by atoms with Gasteiger partial charge < -0.3 is 20.1 Å². The highest BCUT2D eigenvalue weighted by atomic mass is 16.7. The van der Waals surface area contributed by atoms with Gasteiger partial charge in [0.05, 0.1) is 6.61 Å². The Morgan fingerprint density at radius 2 is 1.41 bits per heavy atom. The van der Waals surface area contributed by atoms with Crippen LogP contribution in [0.1, 0.15) is 45.2 Å². The van der Waals surface area contributed by atoms with E-state index < -0.39 is 6.16 Å². The fourth-order valence-corrected chi connectivity index (χ4v) is 2.50. The van der Waals surface area contributed by atoms with Gasteiger partial charge in [-0.1, -0.05) is 6.07 Å². The quantitative estimate of drug-likeness (QED) is 0.404. The summed E-state index contributed by atoms with van der Waals surface area (Å²) in [4.78, 5) is 35.5. The second-order valence-electron chi connectivity index (χ2n) is 6.47.